The standard InChI is InChI=1S/C16H18FN5O/c1-16(21-15(23)5-6-18,14-9-20-10-22(14)2)12-4-3-11(8-19)13(17)7-12/h3-4,7,9-10H,5-6,18H2,1-2H3,(H,21,23). The highest BCUT2D eigenvalue weighted by molar-refractivity contribution is 5.77. The van der Waals surface area contributed by atoms with E-state index in [1.54, 1.807) is 43.2 Å². The number of hydrogen-bond acceptors (Lipinski definition) is 4. The molecule has 3 N–H and O–H groups in total. The molecule has 0 fully saturated rings. The van der Waals surface area contributed by atoms with Crippen LogP contribution in [0.5, 0.6) is 0 Å². The minimum Gasteiger partial charge on any atom is -0.341 e. The van der Waals surface area contributed by atoms with E-state index in [-0.39, 0.29) is 24.4 Å². The highest BCUT2D eigenvalue weighted by Gasteiger charge is 2.33. The van der Waals surface area contributed by atoms with Crippen molar-refractivity contribution in [1.82, 2.24) is 14.9 Å². The Kier molecular flexibility index (Phi) is 4.77. The van der Waals surface area contributed by atoms with Crippen LogP contribution in [0.2, 0.25) is 0 Å². The number of nitrogens with two attached hydrogens (primary N) is 1. The summed E-state index contributed by atoms with van der Waals surface area (Å²) in [6.45, 7) is 1.98. The monoisotopic (exact) mass is 315 g/mol. The van der Waals surface area contributed by atoms with Crippen LogP contribution in [0.1, 0.15) is 30.2 Å². The second-order valence-corrected chi connectivity index (χ2v) is 5.41. The van der Waals surface area contributed by atoms with Crippen molar-refractivity contribution in [2.24, 2.45) is 12.8 Å². The number of nitriles is 1. The molecule has 2 aromatic rings. The van der Waals surface area contributed by atoms with Crippen LogP contribution in [0.15, 0.2) is 30.7 Å². The Labute approximate surface area is 133 Å². The van der Waals surface area contributed by atoms with Gasteiger partial charge in [-0.1, -0.05) is 6.07 Å². The van der Waals surface area contributed by atoms with Crippen LogP contribution in [-0.2, 0) is 17.4 Å². The first-order valence-corrected chi connectivity index (χ1v) is 7.10. The fourth-order valence-corrected chi connectivity index (χ4v) is 2.51. The van der Waals surface area contributed by atoms with E-state index in [1.165, 1.54) is 12.1 Å². The minimum atomic E-state index is -0.994. The number of carbonyl (C=O) groups is 1. The zero-order chi connectivity index (χ0) is 17.0. The number of aromatic nitrogens is 2. The maximum Gasteiger partial charge on any atom is 0.222 e. The van der Waals surface area contributed by atoms with Gasteiger partial charge in [0, 0.05) is 20.0 Å². The molecule has 1 aromatic carbocycles. The molecule has 1 heterocycles. The van der Waals surface area contributed by atoms with Crippen molar-refractivity contribution in [3.05, 3.63) is 53.4 Å². The molecule has 23 heavy (non-hydrogen) atoms. The molecular formula is C16H18FN5O. The molecule has 1 amide bonds. The quantitative estimate of drug-likeness (QED) is 0.865. The average Bonchev–Trinajstić information content (AvgIpc) is 2.94. The smallest absolute Gasteiger partial charge is 0.222 e. The van der Waals surface area contributed by atoms with Crippen molar-refractivity contribution in [2.45, 2.75) is 18.9 Å². The molecular weight excluding hydrogens is 297 g/mol. The molecule has 0 spiro atoms. The fourth-order valence-electron chi connectivity index (χ4n) is 2.51. The Hall–Kier alpha value is -2.72. The topological polar surface area (TPSA) is 96.7 Å². The van der Waals surface area contributed by atoms with Crippen LogP contribution in [0.3, 0.4) is 0 Å². The van der Waals surface area contributed by atoms with Gasteiger partial charge in [0.25, 0.3) is 0 Å². The number of imidazole rings is 1. The molecule has 0 saturated carbocycles. The first-order chi connectivity index (χ1) is 10.9. The summed E-state index contributed by atoms with van der Waals surface area (Å²) in [5, 5.41) is 11.8. The lowest BCUT2D eigenvalue weighted by atomic mass is 9.87. The first-order valence-electron chi connectivity index (χ1n) is 7.10. The van der Waals surface area contributed by atoms with E-state index in [0.717, 1.165) is 0 Å². The molecule has 0 radical (unpaired) electrons. The Morgan fingerprint density at radius 3 is 2.83 bits per heavy atom. The fraction of sp³-hybridized carbons (Fsp3) is 0.312. The number of halogens is 1. The van der Waals surface area contributed by atoms with Gasteiger partial charge >= 0.3 is 0 Å². The lowest BCUT2D eigenvalue weighted by Gasteiger charge is -2.32. The van der Waals surface area contributed by atoms with E-state index in [2.05, 4.69) is 10.3 Å². The number of hydrogen-bond donors (Lipinski definition) is 2. The van der Waals surface area contributed by atoms with Gasteiger partial charge in [-0.2, -0.15) is 5.26 Å². The Morgan fingerprint density at radius 1 is 1.57 bits per heavy atom. The van der Waals surface area contributed by atoms with Gasteiger partial charge in [0.2, 0.25) is 5.91 Å². The summed E-state index contributed by atoms with van der Waals surface area (Å²) in [4.78, 5) is 16.1. The summed E-state index contributed by atoms with van der Waals surface area (Å²) in [5.41, 5.74) is 5.59. The Morgan fingerprint density at radius 2 is 2.30 bits per heavy atom. The number of rotatable bonds is 5. The third-order valence-corrected chi connectivity index (χ3v) is 3.76. The summed E-state index contributed by atoms with van der Waals surface area (Å²) >= 11 is 0. The molecule has 120 valence electrons. The second kappa shape index (κ2) is 6.58. The highest BCUT2D eigenvalue weighted by atomic mass is 19.1. The van der Waals surface area contributed by atoms with E-state index in [1.807, 2.05) is 0 Å². The lowest BCUT2D eigenvalue weighted by molar-refractivity contribution is -0.122. The van der Waals surface area contributed by atoms with Crippen molar-refractivity contribution in [3.8, 4) is 6.07 Å². The van der Waals surface area contributed by atoms with Crippen LogP contribution in [0.25, 0.3) is 0 Å². The lowest BCUT2D eigenvalue weighted by Crippen LogP contribution is -2.46. The predicted molar refractivity (Wildman–Crippen MR) is 82.6 cm³/mol. The molecule has 0 aliphatic carbocycles. The number of nitrogens with zero attached hydrogens (tertiary/aromatic N) is 3. The molecule has 1 aromatic heterocycles. The molecule has 1 atom stereocenters. The van der Waals surface area contributed by atoms with E-state index in [4.69, 9.17) is 11.0 Å². The predicted octanol–water partition coefficient (Wildman–Crippen LogP) is 1.16. The zero-order valence-corrected chi connectivity index (χ0v) is 13.0. The molecule has 0 saturated heterocycles. The minimum absolute atomic E-state index is 0.0469. The van der Waals surface area contributed by atoms with Gasteiger partial charge in [-0.15, -0.1) is 0 Å². The number of benzene rings is 1. The van der Waals surface area contributed by atoms with Gasteiger partial charge < -0.3 is 15.6 Å². The number of carbonyl (C=O) groups excluding carboxylic acids is 1. The van der Waals surface area contributed by atoms with E-state index in [9.17, 15) is 9.18 Å². The maximum absolute atomic E-state index is 14.0. The van der Waals surface area contributed by atoms with Crippen LogP contribution in [0, 0.1) is 17.1 Å². The largest absolute Gasteiger partial charge is 0.341 e. The van der Waals surface area contributed by atoms with Crippen molar-refractivity contribution in [3.63, 3.8) is 0 Å². The SMILES string of the molecule is Cn1cncc1C(C)(NC(=O)CCN)c1ccc(C#N)c(F)c1. The molecule has 2 rings (SSSR count). The number of aryl methyl sites for hydroxylation is 1. The summed E-state index contributed by atoms with van der Waals surface area (Å²) in [7, 11) is 1.79. The molecule has 6 nitrogen and oxygen atoms in total. The van der Waals surface area contributed by atoms with Crippen LogP contribution < -0.4 is 11.1 Å². The Balaban J connectivity index is 2.54. The van der Waals surface area contributed by atoms with Gasteiger partial charge in [-0.3, -0.25) is 4.79 Å². The van der Waals surface area contributed by atoms with Gasteiger partial charge in [0.1, 0.15) is 17.4 Å². The third kappa shape index (κ3) is 3.22. The van der Waals surface area contributed by atoms with Crippen LogP contribution >= 0.6 is 0 Å². The van der Waals surface area contributed by atoms with Gasteiger partial charge in [-0.05, 0) is 24.6 Å². The molecule has 0 aliphatic heterocycles. The number of nitrogens with one attached hydrogen (secondary N) is 1. The third-order valence-electron chi connectivity index (χ3n) is 3.76. The van der Waals surface area contributed by atoms with E-state index >= 15 is 0 Å². The summed E-state index contributed by atoms with van der Waals surface area (Å²) in [6.07, 6.45) is 3.37. The van der Waals surface area contributed by atoms with E-state index in [0.29, 0.717) is 11.3 Å². The maximum atomic E-state index is 14.0. The summed E-state index contributed by atoms with van der Waals surface area (Å²) < 4.78 is 15.8. The number of amides is 1. The van der Waals surface area contributed by atoms with Crippen LogP contribution in [-0.4, -0.2) is 22.0 Å². The van der Waals surface area contributed by atoms with Crippen molar-refractivity contribution in [2.75, 3.05) is 6.54 Å². The highest BCUT2D eigenvalue weighted by Crippen LogP contribution is 2.30. The summed E-state index contributed by atoms with van der Waals surface area (Å²) in [5.74, 6) is -0.882. The molecule has 0 aliphatic rings. The van der Waals surface area contributed by atoms with Crippen molar-refractivity contribution >= 4 is 5.91 Å². The van der Waals surface area contributed by atoms with Crippen LogP contribution in [0.4, 0.5) is 4.39 Å². The zero-order valence-electron chi connectivity index (χ0n) is 13.0. The van der Waals surface area contributed by atoms with Gasteiger partial charge in [-0.25, -0.2) is 9.37 Å². The molecule has 0 bridgehead atoms. The molecule has 7 heteroatoms. The average molecular weight is 315 g/mol. The van der Waals surface area contributed by atoms with Crippen molar-refractivity contribution < 1.29 is 9.18 Å². The first kappa shape index (κ1) is 16.6. The van der Waals surface area contributed by atoms with Crippen molar-refractivity contribution in [1.29, 1.82) is 5.26 Å². The van der Waals surface area contributed by atoms with Gasteiger partial charge in [0.15, 0.2) is 0 Å². The molecule has 1 unspecified atom stereocenters. The van der Waals surface area contributed by atoms with Gasteiger partial charge in [0.05, 0.1) is 23.8 Å². The Bertz CT molecular complexity index is 764. The normalized spacial score (nSPS) is 13.2. The summed E-state index contributed by atoms with van der Waals surface area (Å²) in [6, 6.07) is 6.06. The second-order valence-electron chi connectivity index (χ2n) is 5.41. The van der Waals surface area contributed by atoms with E-state index < -0.39 is 11.4 Å².